The molecule has 6 rings (SSSR count). The van der Waals surface area contributed by atoms with E-state index in [4.69, 9.17) is 11.6 Å². The van der Waals surface area contributed by atoms with Crippen LogP contribution in [0.1, 0.15) is 53.7 Å². The maximum Gasteiger partial charge on any atom is 0.241 e. The highest BCUT2D eigenvalue weighted by Gasteiger charge is 2.46. The van der Waals surface area contributed by atoms with Crippen LogP contribution in [0.2, 0.25) is 5.02 Å². The van der Waals surface area contributed by atoms with Crippen LogP contribution < -0.4 is 9.62 Å². The standard InChI is InChI=1S/C31H29ClF2N4O3S/c1-37-14-13-35-30(37)18-38(31(39)26-17-24(26)20-5-8-21(33)9-6-20)22-10-7-19-3-2-4-29(25(19)15-22)36-42(40,41)23-11-12-28(34)27(32)16-23/h5-16,24,26,29,36H,2-4,17-18H2,1H3/t24-,26+,29-/m0/s1. The van der Waals surface area contributed by atoms with Gasteiger partial charge in [0.05, 0.1) is 16.5 Å². The van der Waals surface area contributed by atoms with E-state index in [0.29, 0.717) is 24.4 Å². The summed E-state index contributed by atoms with van der Waals surface area (Å²) in [6, 6.07) is 14.8. The van der Waals surface area contributed by atoms with Gasteiger partial charge in [0.15, 0.2) is 0 Å². The Morgan fingerprint density at radius 3 is 2.62 bits per heavy atom. The molecule has 1 N–H and O–H groups in total. The molecule has 0 saturated heterocycles. The minimum atomic E-state index is -4.00. The van der Waals surface area contributed by atoms with Crippen LogP contribution in [0.25, 0.3) is 0 Å². The number of nitrogens with one attached hydrogen (secondary N) is 1. The molecule has 0 aliphatic heterocycles. The summed E-state index contributed by atoms with van der Waals surface area (Å²) in [7, 11) is -2.14. The van der Waals surface area contributed by atoms with Gasteiger partial charge in [0.2, 0.25) is 15.9 Å². The van der Waals surface area contributed by atoms with Crippen molar-refractivity contribution >= 4 is 33.2 Å². The molecule has 1 aromatic heterocycles. The van der Waals surface area contributed by atoms with E-state index in [0.717, 1.165) is 41.7 Å². The second-order valence-corrected chi connectivity index (χ2v) is 13.0. The number of benzene rings is 3. The number of rotatable bonds is 8. The molecule has 0 unspecified atom stereocenters. The number of imidazole rings is 1. The minimum Gasteiger partial charge on any atom is -0.337 e. The molecule has 42 heavy (non-hydrogen) atoms. The molecule has 2 aliphatic rings. The van der Waals surface area contributed by atoms with E-state index in [1.165, 1.54) is 18.2 Å². The molecular formula is C31H29ClF2N4O3S. The zero-order chi connectivity index (χ0) is 29.6. The number of carbonyl (C=O) groups excluding carboxylic acids is 1. The van der Waals surface area contributed by atoms with Crippen molar-refractivity contribution in [1.82, 2.24) is 14.3 Å². The Balaban J connectivity index is 1.31. The second kappa shape index (κ2) is 11.2. The Morgan fingerprint density at radius 1 is 1.12 bits per heavy atom. The molecule has 1 fully saturated rings. The highest BCUT2D eigenvalue weighted by molar-refractivity contribution is 7.89. The van der Waals surface area contributed by atoms with E-state index < -0.39 is 21.9 Å². The largest absolute Gasteiger partial charge is 0.337 e. The molecule has 218 valence electrons. The van der Waals surface area contributed by atoms with E-state index in [1.54, 1.807) is 23.2 Å². The zero-order valence-corrected chi connectivity index (χ0v) is 24.4. The number of hydrogen-bond acceptors (Lipinski definition) is 4. The maximum absolute atomic E-state index is 14.0. The molecule has 0 radical (unpaired) electrons. The Hall–Kier alpha value is -3.60. The lowest BCUT2D eigenvalue weighted by Crippen LogP contribution is -2.34. The predicted octanol–water partition coefficient (Wildman–Crippen LogP) is 6.04. The third kappa shape index (κ3) is 5.71. The third-order valence-electron chi connectivity index (χ3n) is 8.15. The van der Waals surface area contributed by atoms with Crippen molar-refractivity contribution in [3.05, 3.63) is 112 Å². The number of amides is 1. The van der Waals surface area contributed by atoms with E-state index in [9.17, 15) is 22.0 Å². The highest BCUT2D eigenvalue weighted by Crippen LogP contribution is 2.49. The molecule has 4 aromatic rings. The second-order valence-electron chi connectivity index (χ2n) is 10.9. The van der Waals surface area contributed by atoms with Crippen LogP contribution in [-0.2, 0) is 34.8 Å². The molecule has 1 heterocycles. The van der Waals surface area contributed by atoms with Crippen molar-refractivity contribution in [1.29, 1.82) is 0 Å². The van der Waals surface area contributed by atoms with Crippen molar-refractivity contribution < 1.29 is 22.0 Å². The van der Waals surface area contributed by atoms with Gasteiger partial charge < -0.3 is 9.47 Å². The number of aryl methyl sites for hydroxylation is 2. The van der Waals surface area contributed by atoms with Crippen molar-refractivity contribution in [2.45, 2.75) is 49.1 Å². The summed E-state index contributed by atoms with van der Waals surface area (Å²) in [6.07, 6.45) is 6.27. The monoisotopic (exact) mass is 610 g/mol. The Labute approximate surface area is 248 Å². The number of hydrogen-bond donors (Lipinski definition) is 1. The fourth-order valence-electron chi connectivity index (χ4n) is 5.71. The number of anilines is 1. The molecule has 1 amide bonds. The lowest BCUT2D eigenvalue weighted by atomic mass is 9.87. The molecule has 0 bridgehead atoms. The summed E-state index contributed by atoms with van der Waals surface area (Å²) in [6.45, 7) is 0.234. The Kier molecular flexibility index (Phi) is 7.63. The molecule has 11 heteroatoms. The summed E-state index contributed by atoms with van der Waals surface area (Å²) < 4.78 is 58.3. The first-order valence-electron chi connectivity index (χ1n) is 13.7. The topological polar surface area (TPSA) is 84.3 Å². The fraction of sp³-hybridized carbons (Fsp3) is 0.290. The first kappa shape index (κ1) is 28.5. The Bertz CT molecular complexity index is 1760. The van der Waals surface area contributed by atoms with Crippen LogP contribution in [0.4, 0.5) is 14.5 Å². The average molecular weight is 611 g/mol. The van der Waals surface area contributed by atoms with Gasteiger partial charge in [0, 0.05) is 37.1 Å². The summed E-state index contributed by atoms with van der Waals surface area (Å²) in [4.78, 5) is 20.0. The fourth-order valence-corrected chi connectivity index (χ4v) is 7.23. The minimum absolute atomic E-state index is 0.00156. The van der Waals surface area contributed by atoms with Gasteiger partial charge in [-0.3, -0.25) is 4.79 Å². The van der Waals surface area contributed by atoms with Crippen molar-refractivity contribution in [2.24, 2.45) is 13.0 Å². The molecule has 3 aromatic carbocycles. The molecular weight excluding hydrogens is 582 g/mol. The first-order valence-corrected chi connectivity index (χ1v) is 15.6. The third-order valence-corrected chi connectivity index (χ3v) is 9.91. The number of halogens is 3. The normalized spacial score (nSPS) is 19.8. The van der Waals surface area contributed by atoms with E-state index >= 15 is 0 Å². The van der Waals surface area contributed by atoms with E-state index in [1.807, 2.05) is 36.0 Å². The Morgan fingerprint density at radius 2 is 1.90 bits per heavy atom. The van der Waals surface area contributed by atoms with Gasteiger partial charge in [-0.15, -0.1) is 0 Å². The van der Waals surface area contributed by atoms with Gasteiger partial charge in [-0.25, -0.2) is 26.9 Å². The molecule has 0 spiro atoms. The summed E-state index contributed by atoms with van der Waals surface area (Å²) in [5.74, 6) is -0.642. The van der Waals surface area contributed by atoms with E-state index in [-0.39, 0.29) is 40.0 Å². The van der Waals surface area contributed by atoms with Crippen LogP contribution in [0, 0.1) is 17.6 Å². The number of sulfonamides is 1. The summed E-state index contributed by atoms with van der Waals surface area (Å²) >= 11 is 5.86. The van der Waals surface area contributed by atoms with Gasteiger partial charge in [-0.05, 0) is 90.8 Å². The summed E-state index contributed by atoms with van der Waals surface area (Å²) in [5, 5.41) is -0.272. The zero-order valence-electron chi connectivity index (χ0n) is 22.8. The molecule has 7 nitrogen and oxygen atoms in total. The summed E-state index contributed by atoms with van der Waals surface area (Å²) in [5.41, 5.74) is 3.35. The maximum atomic E-state index is 14.0. The molecule has 1 saturated carbocycles. The SMILES string of the molecule is Cn1ccnc1CN(C(=O)[C@@H]1C[C@H]1c1ccc(F)cc1)c1ccc2c(c1)[C@@H](NS(=O)(=O)c1ccc(F)c(Cl)c1)CCC2. The number of carbonyl (C=O) groups is 1. The lowest BCUT2D eigenvalue weighted by molar-refractivity contribution is -0.120. The van der Waals surface area contributed by atoms with Crippen molar-refractivity contribution in [2.75, 3.05) is 4.90 Å². The number of nitrogens with zero attached hydrogens (tertiary/aromatic N) is 3. The predicted molar refractivity (Wildman–Crippen MR) is 155 cm³/mol. The lowest BCUT2D eigenvalue weighted by Gasteiger charge is -2.29. The molecule has 2 aliphatic carbocycles. The smallest absolute Gasteiger partial charge is 0.241 e. The van der Waals surface area contributed by atoms with Gasteiger partial charge >= 0.3 is 0 Å². The van der Waals surface area contributed by atoms with Gasteiger partial charge in [-0.1, -0.05) is 29.8 Å². The quantitative estimate of drug-likeness (QED) is 0.263. The number of aromatic nitrogens is 2. The number of fused-ring (bicyclic) bond motifs is 1. The van der Waals surface area contributed by atoms with Crippen LogP contribution in [-0.4, -0.2) is 23.9 Å². The molecule has 3 atom stereocenters. The van der Waals surface area contributed by atoms with Gasteiger partial charge in [-0.2, -0.15) is 0 Å². The van der Waals surface area contributed by atoms with Crippen LogP contribution >= 0.6 is 11.6 Å². The van der Waals surface area contributed by atoms with Crippen LogP contribution in [0.5, 0.6) is 0 Å². The van der Waals surface area contributed by atoms with Gasteiger partial charge in [0.25, 0.3) is 0 Å². The van der Waals surface area contributed by atoms with Crippen molar-refractivity contribution in [3.8, 4) is 0 Å². The first-order chi connectivity index (χ1) is 20.1. The van der Waals surface area contributed by atoms with Gasteiger partial charge in [0.1, 0.15) is 17.5 Å². The van der Waals surface area contributed by atoms with Crippen LogP contribution in [0.15, 0.2) is 78.0 Å². The highest BCUT2D eigenvalue weighted by atomic mass is 35.5. The van der Waals surface area contributed by atoms with Crippen LogP contribution in [0.3, 0.4) is 0 Å². The average Bonchev–Trinajstić information content (AvgIpc) is 3.67. The van der Waals surface area contributed by atoms with Crippen molar-refractivity contribution in [3.63, 3.8) is 0 Å². The van der Waals surface area contributed by atoms with E-state index in [2.05, 4.69) is 9.71 Å².